The Morgan fingerprint density at radius 3 is 2.71 bits per heavy atom. The molecular formula is C15H14FN3OS. The van der Waals surface area contributed by atoms with E-state index in [2.05, 4.69) is 15.3 Å². The summed E-state index contributed by atoms with van der Waals surface area (Å²) in [5, 5.41) is 4.00. The number of fused-ring (bicyclic) bond motifs is 1. The van der Waals surface area contributed by atoms with Crippen LogP contribution in [0.15, 0.2) is 24.3 Å². The minimum absolute atomic E-state index is 0.361. The van der Waals surface area contributed by atoms with Crippen molar-refractivity contribution < 1.29 is 9.13 Å². The van der Waals surface area contributed by atoms with Crippen molar-refractivity contribution >= 4 is 27.4 Å². The number of thiophene rings is 1. The van der Waals surface area contributed by atoms with Crippen LogP contribution in [0.3, 0.4) is 0 Å². The van der Waals surface area contributed by atoms with Crippen molar-refractivity contribution in [1.29, 1.82) is 0 Å². The zero-order chi connectivity index (χ0) is 15.0. The van der Waals surface area contributed by atoms with Crippen LogP contribution in [-0.2, 0) is 0 Å². The highest BCUT2D eigenvalue weighted by Crippen LogP contribution is 2.32. The lowest BCUT2D eigenvalue weighted by atomic mass is 10.2. The van der Waals surface area contributed by atoms with Crippen LogP contribution in [0.4, 0.5) is 10.2 Å². The SMILES string of the molecule is CNc1nc(-c2ccc(OC)cc2F)nc2sc(C)cc12. The number of aryl methyl sites for hydroxylation is 1. The Morgan fingerprint density at radius 2 is 2.05 bits per heavy atom. The van der Waals surface area contributed by atoms with Gasteiger partial charge in [-0.1, -0.05) is 0 Å². The minimum Gasteiger partial charge on any atom is -0.497 e. The molecule has 0 fully saturated rings. The molecule has 4 nitrogen and oxygen atoms in total. The molecule has 3 aromatic rings. The molecule has 0 spiro atoms. The number of aromatic nitrogens is 2. The average Bonchev–Trinajstić information content (AvgIpc) is 2.86. The molecule has 1 aromatic carbocycles. The molecular weight excluding hydrogens is 289 g/mol. The molecule has 0 aliphatic carbocycles. The molecule has 6 heteroatoms. The van der Waals surface area contributed by atoms with E-state index in [1.54, 1.807) is 30.5 Å². The summed E-state index contributed by atoms with van der Waals surface area (Å²) >= 11 is 1.57. The number of hydrogen-bond acceptors (Lipinski definition) is 5. The van der Waals surface area contributed by atoms with Crippen LogP contribution in [0, 0.1) is 12.7 Å². The topological polar surface area (TPSA) is 47.0 Å². The van der Waals surface area contributed by atoms with Gasteiger partial charge in [-0.05, 0) is 25.1 Å². The fraction of sp³-hybridized carbons (Fsp3) is 0.200. The number of nitrogens with zero attached hydrogens (tertiary/aromatic N) is 2. The van der Waals surface area contributed by atoms with Crippen LogP contribution >= 0.6 is 11.3 Å². The van der Waals surface area contributed by atoms with E-state index < -0.39 is 5.82 Å². The van der Waals surface area contributed by atoms with E-state index in [1.165, 1.54) is 13.2 Å². The van der Waals surface area contributed by atoms with Gasteiger partial charge in [-0.25, -0.2) is 14.4 Å². The molecule has 0 atom stereocenters. The molecule has 2 heterocycles. The monoisotopic (exact) mass is 303 g/mol. The largest absolute Gasteiger partial charge is 0.497 e. The number of halogens is 1. The molecule has 0 saturated carbocycles. The smallest absolute Gasteiger partial charge is 0.166 e. The Bertz CT molecular complexity index is 816. The fourth-order valence-electron chi connectivity index (χ4n) is 2.16. The van der Waals surface area contributed by atoms with Crippen molar-refractivity contribution in [3.63, 3.8) is 0 Å². The van der Waals surface area contributed by atoms with Gasteiger partial charge in [0.1, 0.15) is 22.2 Å². The number of ether oxygens (including phenoxy) is 1. The standard InChI is InChI=1S/C15H14FN3OS/c1-8-6-11-13(17-2)18-14(19-15(11)21-8)10-5-4-9(20-3)7-12(10)16/h4-7H,1-3H3,(H,17,18,19). The van der Waals surface area contributed by atoms with Gasteiger partial charge in [0.05, 0.1) is 18.1 Å². The molecule has 3 rings (SSSR count). The Labute approximate surface area is 125 Å². The van der Waals surface area contributed by atoms with Gasteiger partial charge in [-0.3, -0.25) is 0 Å². The summed E-state index contributed by atoms with van der Waals surface area (Å²) in [6, 6.07) is 6.70. The zero-order valence-corrected chi connectivity index (χ0v) is 12.7. The van der Waals surface area contributed by atoms with Gasteiger partial charge in [-0.15, -0.1) is 11.3 Å². The Hall–Kier alpha value is -2.21. The fourth-order valence-corrected chi connectivity index (χ4v) is 3.04. The first kappa shape index (κ1) is 13.8. The van der Waals surface area contributed by atoms with Crippen molar-refractivity contribution in [2.24, 2.45) is 0 Å². The maximum Gasteiger partial charge on any atom is 0.166 e. The lowest BCUT2D eigenvalue weighted by Gasteiger charge is -2.07. The molecule has 0 bridgehead atoms. The number of anilines is 1. The van der Waals surface area contributed by atoms with Gasteiger partial charge in [0.15, 0.2) is 5.82 Å². The minimum atomic E-state index is -0.399. The maximum absolute atomic E-state index is 14.2. The van der Waals surface area contributed by atoms with Gasteiger partial charge in [0.25, 0.3) is 0 Å². The quantitative estimate of drug-likeness (QED) is 0.798. The number of methoxy groups -OCH3 is 1. The van der Waals surface area contributed by atoms with E-state index in [4.69, 9.17) is 4.74 Å². The summed E-state index contributed by atoms with van der Waals surface area (Å²) in [4.78, 5) is 10.9. The van der Waals surface area contributed by atoms with Crippen molar-refractivity contribution in [2.45, 2.75) is 6.92 Å². The van der Waals surface area contributed by atoms with Crippen LogP contribution in [-0.4, -0.2) is 24.1 Å². The molecule has 0 aliphatic rings. The molecule has 108 valence electrons. The lowest BCUT2D eigenvalue weighted by molar-refractivity contribution is 0.411. The molecule has 0 aliphatic heterocycles. The van der Waals surface area contributed by atoms with Crippen LogP contribution in [0.1, 0.15) is 4.88 Å². The molecule has 0 amide bonds. The van der Waals surface area contributed by atoms with Gasteiger partial charge in [0.2, 0.25) is 0 Å². The average molecular weight is 303 g/mol. The second kappa shape index (κ2) is 5.29. The van der Waals surface area contributed by atoms with E-state index >= 15 is 0 Å². The Kier molecular flexibility index (Phi) is 3.47. The number of benzene rings is 1. The normalized spacial score (nSPS) is 10.9. The van der Waals surface area contributed by atoms with E-state index in [9.17, 15) is 4.39 Å². The van der Waals surface area contributed by atoms with Crippen LogP contribution in [0.5, 0.6) is 5.75 Å². The van der Waals surface area contributed by atoms with Gasteiger partial charge in [-0.2, -0.15) is 0 Å². The summed E-state index contributed by atoms with van der Waals surface area (Å²) in [5.41, 5.74) is 0.361. The summed E-state index contributed by atoms with van der Waals surface area (Å²) in [7, 11) is 3.30. The lowest BCUT2D eigenvalue weighted by Crippen LogP contribution is -1.98. The predicted molar refractivity (Wildman–Crippen MR) is 83.6 cm³/mol. The summed E-state index contributed by atoms with van der Waals surface area (Å²) in [6.45, 7) is 2.01. The Morgan fingerprint density at radius 1 is 1.24 bits per heavy atom. The summed E-state index contributed by atoms with van der Waals surface area (Å²) < 4.78 is 19.2. The van der Waals surface area contributed by atoms with E-state index in [-0.39, 0.29) is 0 Å². The second-order valence-electron chi connectivity index (χ2n) is 4.57. The van der Waals surface area contributed by atoms with Crippen molar-refractivity contribution in [3.05, 3.63) is 35.0 Å². The van der Waals surface area contributed by atoms with Crippen molar-refractivity contribution in [3.8, 4) is 17.1 Å². The number of rotatable bonds is 3. The maximum atomic E-state index is 14.2. The van der Waals surface area contributed by atoms with E-state index in [1.807, 2.05) is 13.0 Å². The molecule has 0 unspecified atom stereocenters. The highest BCUT2D eigenvalue weighted by Gasteiger charge is 2.14. The van der Waals surface area contributed by atoms with E-state index in [0.717, 1.165) is 15.1 Å². The predicted octanol–water partition coefficient (Wildman–Crippen LogP) is 3.86. The second-order valence-corrected chi connectivity index (χ2v) is 5.80. The van der Waals surface area contributed by atoms with Gasteiger partial charge < -0.3 is 10.1 Å². The third-order valence-corrected chi connectivity index (χ3v) is 4.11. The highest BCUT2D eigenvalue weighted by atomic mass is 32.1. The summed E-state index contributed by atoms with van der Waals surface area (Å²) in [6.07, 6.45) is 0. The van der Waals surface area contributed by atoms with Gasteiger partial charge >= 0.3 is 0 Å². The van der Waals surface area contributed by atoms with Crippen LogP contribution < -0.4 is 10.1 Å². The highest BCUT2D eigenvalue weighted by molar-refractivity contribution is 7.18. The number of nitrogens with one attached hydrogen (secondary N) is 1. The first-order chi connectivity index (χ1) is 10.1. The number of hydrogen-bond donors (Lipinski definition) is 1. The zero-order valence-electron chi connectivity index (χ0n) is 11.9. The first-order valence-electron chi connectivity index (χ1n) is 6.42. The Balaban J connectivity index is 2.20. The van der Waals surface area contributed by atoms with E-state index in [0.29, 0.717) is 23.0 Å². The molecule has 0 saturated heterocycles. The molecule has 2 aromatic heterocycles. The van der Waals surface area contributed by atoms with Crippen molar-refractivity contribution in [2.75, 3.05) is 19.5 Å². The molecule has 1 N–H and O–H groups in total. The third-order valence-electron chi connectivity index (χ3n) is 3.17. The first-order valence-corrected chi connectivity index (χ1v) is 7.24. The van der Waals surface area contributed by atoms with Gasteiger partial charge in [0, 0.05) is 18.0 Å². The van der Waals surface area contributed by atoms with Crippen LogP contribution in [0.2, 0.25) is 0 Å². The van der Waals surface area contributed by atoms with Crippen LogP contribution in [0.25, 0.3) is 21.6 Å². The third kappa shape index (κ3) is 2.42. The summed E-state index contributed by atoms with van der Waals surface area (Å²) in [5.74, 6) is 1.14. The molecule has 0 radical (unpaired) electrons. The van der Waals surface area contributed by atoms with Crippen molar-refractivity contribution in [1.82, 2.24) is 9.97 Å². The molecule has 21 heavy (non-hydrogen) atoms.